The third-order valence-electron chi connectivity index (χ3n) is 1.37. The Labute approximate surface area is 92.6 Å². The average Bonchev–Trinajstić information content (AvgIpc) is 2.86. The van der Waals surface area contributed by atoms with Crippen LogP contribution in [0.1, 0.15) is 0 Å². The number of carbonyl (C=O) groups excluding carboxylic acids is 1. The van der Waals surface area contributed by atoms with Crippen LogP contribution in [0.3, 0.4) is 0 Å². The molecule has 2 heterocycles. The molecule has 0 saturated carbocycles. The van der Waals surface area contributed by atoms with Crippen molar-refractivity contribution in [1.29, 1.82) is 0 Å². The lowest BCUT2D eigenvalue weighted by molar-refractivity contribution is -0.114. The summed E-state index contributed by atoms with van der Waals surface area (Å²) in [5.74, 6) is -0.193. The van der Waals surface area contributed by atoms with E-state index in [0.29, 0.717) is 10.3 Å². The van der Waals surface area contributed by atoms with Gasteiger partial charge in [-0.2, -0.15) is 0 Å². The van der Waals surface area contributed by atoms with Crippen LogP contribution < -0.4 is 10.6 Å². The lowest BCUT2D eigenvalue weighted by Crippen LogP contribution is -2.21. The summed E-state index contributed by atoms with van der Waals surface area (Å²) in [6.45, 7) is 0.134. The zero-order valence-corrected chi connectivity index (χ0v) is 9.01. The summed E-state index contributed by atoms with van der Waals surface area (Å²) in [4.78, 5) is 11.3. The van der Waals surface area contributed by atoms with Crippen LogP contribution in [-0.2, 0) is 4.79 Å². The van der Waals surface area contributed by atoms with Crippen molar-refractivity contribution in [3.63, 3.8) is 0 Å². The summed E-state index contributed by atoms with van der Waals surface area (Å²) in [5.41, 5.74) is 3.14. The van der Waals surface area contributed by atoms with Gasteiger partial charge in [0, 0.05) is 0 Å². The Morgan fingerprint density at radius 2 is 1.87 bits per heavy atom. The zero-order valence-electron chi connectivity index (χ0n) is 7.38. The molecule has 0 atom stereocenters. The van der Waals surface area contributed by atoms with Crippen LogP contribution in [0.15, 0.2) is 11.0 Å². The molecule has 2 aromatic rings. The van der Waals surface area contributed by atoms with E-state index in [1.54, 1.807) is 11.0 Å². The second-order valence-corrected chi connectivity index (χ2v) is 4.06. The maximum atomic E-state index is 11.3. The van der Waals surface area contributed by atoms with Gasteiger partial charge in [-0.3, -0.25) is 10.1 Å². The van der Waals surface area contributed by atoms with E-state index in [0.717, 1.165) is 0 Å². The predicted octanol–water partition coefficient (Wildman–Crippen LogP) is 0.440. The van der Waals surface area contributed by atoms with Crippen molar-refractivity contribution in [2.24, 2.45) is 0 Å². The van der Waals surface area contributed by atoms with Crippen LogP contribution in [0.5, 0.6) is 0 Å². The molecule has 0 spiro atoms. The first-order valence-electron chi connectivity index (χ1n) is 3.90. The minimum Gasteiger partial charge on any atom is -0.351 e. The third-order valence-corrected chi connectivity index (χ3v) is 2.62. The Balaban J connectivity index is 1.78. The van der Waals surface area contributed by atoms with E-state index in [9.17, 15) is 4.79 Å². The molecule has 15 heavy (non-hydrogen) atoms. The van der Waals surface area contributed by atoms with E-state index in [1.165, 1.54) is 22.7 Å². The van der Waals surface area contributed by atoms with E-state index in [-0.39, 0.29) is 12.5 Å². The van der Waals surface area contributed by atoms with Gasteiger partial charge in [0.1, 0.15) is 11.0 Å². The fourth-order valence-corrected chi connectivity index (χ4v) is 1.70. The highest BCUT2D eigenvalue weighted by molar-refractivity contribution is 7.13. The van der Waals surface area contributed by atoms with Gasteiger partial charge in [0.05, 0.1) is 6.54 Å². The van der Waals surface area contributed by atoms with E-state index >= 15 is 0 Å². The molecule has 0 radical (unpaired) electrons. The van der Waals surface area contributed by atoms with Gasteiger partial charge >= 0.3 is 0 Å². The monoisotopic (exact) mass is 242 g/mol. The molecule has 2 N–H and O–H groups in total. The second-order valence-electron chi connectivity index (χ2n) is 2.39. The molecule has 0 aliphatic rings. The standard InChI is InChI=1S/C6H6N6OS2/c13-4(10-6-12-9-3-15-6)1-7-5-11-8-2-14-5/h2-3H,1H2,(H,7,11)(H,10,12,13). The highest BCUT2D eigenvalue weighted by atomic mass is 32.1. The minimum absolute atomic E-state index is 0.134. The van der Waals surface area contributed by atoms with Gasteiger partial charge in [0.2, 0.25) is 16.2 Å². The fraction of sp³-hybridized carbons (Fsp3) is 0.167. The first-order valence-corrected chi connectivity index (χ1v) is 5.66. The lowest BCUT2D eigenvalue weighted by atomic mass is 10.6. The average molecular weight is 242 g/mol. The topological polar surface area (TPSA) is 92.7 Å². The normalized spacial score (nSPS) is 9.87. The number of rotatable bonds is 4. The molecule has 9 heteroatoms. The Morgan fingerprint density at radius 3 is 2.47 bits per heavy atom. The largest absolute Gasteiger partial charge is 0.351 e. The Kier molecular flexibility index (Phi) is 3.15. The molecule has 0 bridgehead atoms. The fourth-order valence-electron chi connectivity index (χ4n) is 0.797. The van der Waals surface area contributed by atoms with Crippen molar-refractivity contribution in [3.05, 3.63) is 11.0 Å². The van der Waals surface area contributed by atoms with Crippen molar-refractivity contribution in [3.8, 4) is 0 Å². The van der Waals surface area contributed by atoms with Gasteiger partial charge in [0.25, 0.3) is 0 Å². The predicted molar refractivity (Wildman–Crippen MR) is 56.9 cm³/mol. The highest BCUT2D eigenvalue weighted by Crippen LogP contribution is 2.09. The number of anilines is 2. The van der Waals surface area contributed by atoms with Crippen LogP contribution in [0.4, 0.5) is 10.3 Å². The van der Waals surface area contributed by atoms with E-state index in [2.05, 4.69) is 31.0 Å². The van der Waals surface area contributed by atoms with Crippen molar-refractivity contribution in [2.75, 3.05) is 17.2 Å². The second kappa shape index (κ2) is 4.75. The van der Waals surface area contributed by atoms with Gasteiger partial charge in [-0.25, -0.2) is 0 Å². The number of carbonyl (C=O) groups is 1. The van der Waals surface area contributed by atoms with Crippen LogP contribution in [-0.4, -0.2) is 32.8 Å². The zero-order chi connectivity index (χ0) is 10.5. The summed E-state index contributed by atoms with van der Waals surface area (Å²) < 4.78 is 0. The summed E-state index contributed by atoms with van der Waals surface area (Å²) in [6.07, 6.45) is 0. The number of nitrogens with zero attached hydrogens (tertiary/aromatic N) is 4. The number of aromatic nitrogens is 4. The molecule has 1 amide bonds. The first-order chi connectivity index (χ1) is 7.34. The van der Waals surface area contributed by atoms with Crippen LogP contribution in [0.2, 0.25) is 0 Å². The van der Waals surface area contributed by atoms with Gasteiger partial charge < -0.3 is 5.32 Å². The number of nitrogens with one attached hydrogen (secondary N) is 2. The van der Waals surface area contributed by atoms with E-state index in [4.69, 9.17) is 0 Å². The number of hydrogen-bond acceptors (Lipinski definition) is 8. The maximum Gasteiger partial charge on any atom is 0.245 e. The Bertz CT molecular complexity index is 413. The van der Waals surface area contributed by atoms with Crippen molar-refractivity contribution < 1.29 is 4.79 Å². The summed E-state index contributed by atoms with van der Waals surface area (Å²) in [5, 5.41) is 21.2. The molecule has 0 unspecified atom stereocenters. The van der Waals surface area contributed by atoms with Crippen LogP contribution in [0.25, 0.3) is 0 Å². The van der Waals surface area contributed by atoms with Crippen LogP contribution in [0, 0.1) is 0 Å². The number of amides is 1. The molecular weight excluding hydrogens is 236 g/mol. The molecule has 0 saturated heterocycles. The molecule has 2 aromatic heterocycles. The Hall–Kier alpha value is -1.61. The maximum absolute atomic E-state index is 11.3. The third kappa shape index (κ3) is 2.92. The SMILES string of the molecule is O=C(CNc1nncs1)Nc1nncs1. The molecule has 7 nitrogen and oxygen atoms in total. The van der Waals surface area contributed by atoms with Gasteiger partial charge in [-0.15, -0.1) is 20.4 Å². The smallest absolute Gasteiger partial charge is 0.245 e. The molecule has 0 fully saturated rings. The summed E-state index contributed by atoms with van der Waals surface area (Å²) in [6, 6.07) is 0. The van der Waals surface area contributed by atoms with Gasteiger partial charge in [0.15, 0.2) is 0 Å². The molecule has 0 aliphatic heterocycles. The van der Waals surface area contributed by atoms with Crippen molar-refractivity contribution in [2.45, 2.75) is 0 Å². The van der Waals surface area contributed by atoms with Crippen molar-refractivity contribution in [1.82, 2.24) is 20.4 Å². The summed E-state index contributed by atoms with van der Waals surface area (Å²) in [7, 11) is 0. The Morgan fingerprint density at radius 1 is 1.20 bits per heavy atom. The van der Waals surface area contributed by atoms with Crippen LogP contribution >= 0.6 is 22.7 Å². The molecule has 2 rings (SSSR count). The van der Waals surface area contributed by atoms with Crippen molar-refractivity contribution >= 4 is 38.8 Å². The molecule has 0 aromatic carbocycles. The van der Waals surface area contributed by atoms with E-state index in [1.807, 2.05) is 0 Å². The van der Waals surface area contributed by atoms with Gasteiger partial charge in [-0.1, -0.05) is 22.7 Å². The molecular formula is C6H6N6OS2. The quantitative estimate of drug-likeness (QED) is 0.808. The minimum atomic E-state index is -0.193. The number of hydrogen-bond donors (Lipinski definition) is 2. The lowest BCUT2D eigenvalue weighted by Gasteiger charge is -2.00. The van der Waals surface area contributed by atoms with Gasteiger partial charge in [-0.05, 0) is 0 Å². The molecule has 0 aliphatic carbocycles. The summed E-state index contributed by atoms with van der Waals surface area (Å²) >= 11 is 2.60. The highest BCUT2D eigenvalue weighted by Gasteiger charge is 2.05. The first kappa shape index (κ1) is 9.93. The molecule has 78 valence electrons. The van der Waals surface area contributed by atoms with E-state index < -0.39 is 0 Å².